The fourth-order valence-electron chi connectivity index (χ4n) is 3.29. The molecule has 2 heterocycles. The minimum absolute atomic E-state index is 0.217. The molecule has 0 bridgehead atoms. The molecule has 0 atom stereocenters. The van der Waals surface area contributed by atoms with Gasteiger partial charge in [-0.25, -0.2) is 22.2 Å². The quantitative estimate of drug-likeness (QED) is 0.487. The minimum Gasteiger partial charge on any atom is -0.342 e. The fourth-order valence-corrected chi connectivity index (χ4v) is 4.42. The third-order valence-electron chi connectivity index (χ3n) is 4.54. The number of benzene rings is 1. The molecule has 1 aromatic carbocycles. The van der Waals surface area contributed by atoms with Crippen molar-refractivity contribution < 1.29 is 22.0 Å². The Morgan fingerprint density at radius 3 is 2.65 bits per heavy atom. The van der Waals surface area contributed by atoms with Crippen molar-refractivity contribution in [2.75, 3.05) is 24.6 Å². The summed E-state index contributed by atoms with van der Waals surface area (Å²) in [6.45, 7) is 2.34. The van der Waals surface area contributed by atoms with E-state index in [9.17, 15) is 22.0 Å². The minimum atomic E-state index is -3.79. The molecule has 3 aromatic rings. The highest BCUT2D eigenvalue weighted by molar-refractivity contribution is 7.92. The second-order valence-electron chi connectivity index (χ2n) is 7.62. The molecule has 2 aromatic heterocycles. The predicted octanol–water partition coefficient (Wildman–Crippen LogP) is 3.48. The number of ketones is 1. The van der Waals surface area contributed by atoms with E-state index >= 15 is 0 Å². The number of fused-ring (bicyclic) bond motifs is 1. The number of carbonyl (C=O) groups excluding carboxylic acids is 1. The van der Waals surface area contributed by atoms with Crippen LogP contribution in [0.4, 0.5) is 14.5 Å². The van der Waals surface area contributed by atoms with E-state index in [4.69, 9.17) is 0 Å². The molecule has 0 aliphatic carbocycles. The van der Waals surface area contributed by atoms with Gasteiger partial charge in [-0.2, -0.15) is 0 Å². The molecule has 0 unspecified atom stereocenters. The fraction of sp³-hybridized carbons (Fsp3) is 0.333. The summed E-state index contributed by atoms with van der Waals surface area (Å²) < 4.78 is 55.0. The molecule has 0 saturated carbocycles. The highest BCUT2D eigenvalue weighted by atomic mass is 32.2. The van der Waals surface area contributed by atoms with E-state index in [2.05, 4.69) is 14.7 Å². The zero-order valence-corrected chi connectivity index (χ0v) is 18.3. The van der Waals surface area contributed by atoms with Crippen LogP contribution in [-0.2, 0) is 23.0 Å². The number of anilines is 1. The second-order valence-corrected chi connectivity index (χ2v) is 9.46. The molecule has 7 nitrogen and oxygen atoms in total. The van der Waals surface area contributed by atoms with E-state index in [0.29, 0.717) is 24.2 Å². The number of aromatic nitrogens is 2. The van der Waals surface area contributed by atoms with Crippen LogP contribution in [-0.4, -0.2) is 48.9 Å². The topological polar surface area (TPSA) is 95.2 Å². The molecule has 3 rings (SSSR count). The number of aromatic amines is 1. The van der Waals surface area contributed by atoms with Gasteiger partial charge in [-0.05, 0) is 50.3 Å². The zero-order chi connectivity index (χ0) is 22.8. The van der Waals surface area contributed by atoms with Gasteiger partial charge in [-0.1, -0.05) is 6.92 Å². The van der Waals surface area contributed by atoms with Gasteiger partial charge in [0.15, 0.2) is 11.6 Å². The Balaban J connectivity index is 1.86. The highest BCUT2D eigenvalue weighted by Crippen LogP contribution is 2.24. The molecule has 31 heavy (non-hydrogen) atoms. The number of pyridine rings is 1. The number of hydrogen-bond acceptors (Lipinski definition) is 5. The Kier molecular flexibility index (Phi) is 6.71. The summed E-state index contributed by atoms with van der Waals surface area (Å²) >= 11 is 0. The van der Waals surface area contributed by atoms with Gasteiger partial charge in [-0.3, -0.25) is 9.52 Å². The molecule has 166 valence electrons. The van der Waals surface area contributed by atoms with Crippen LogP contribution in [0.3, 0.4) is 0 Å². The van der Waals surface area contributed by atoms with Gasteiger partial charge >= 0.3 is 0 Å². The smallest absolute Gasteiger partial charge is 0.232 e. The maximum absolute atomic E-state index is 14.8. The predicted molar refractivity (Wildman–Crippen MR) is 116 cm³/mol. The first-order valence-electron chi connectivity index (χ1n) is 9.72. The third kappa shape index (κ3) is 5.45. The van der Waals surface area contributed by atoms with Gasteiger partial charge in [-0.15, -0.1) is 0 Å². The summed E-state index contributed by atoms with van der Waals surface area (Å²) in [4.78, 5) is 22.1. The van der Waals surface area contributed by atoms with Crippen molar-refractivity contribution in [3.8, 4) is 0 Å². The van der Waals surface area contributed by atoms with E-state index in [1.165, 1.54) is 6.20 Å². The first kappa shape index (κ1) is 22.8. The summed E-state index contributed by atoms with van der Waals surface area (Å²) in [7, 11) is 0.0734. The Hall–Kier alpha value is -2.85. The Morgan fingerprint density at radius 1 is 1.23 bits per heavy atom. The number of nitrogens with one attached hydrogen (secondary N) is 2. The molecule has 0 aliphatic heterocycles. The van der Waals surface area contributed by atoms with E-state index < -0.39 is 38.7 Å². The number of hydrogen-bond donors (Lipinski definition) is 2. The van der Waals surface area contributed by atoms with Crippen molar-refractivity contribution in [3.05, 3.63) is 58.9 Å². The first-order chi connectivity index (χ1) is 14.6. The van der Waals surface area contributed by atoms with Crippen LogP contribution in [0.1, 0.15) is 35.0 Å². The SMILES string of the molecule is CCCS(=O)(=O)Nc1ccc(F)c(C(=O)Cc2cnc3[nH]c(CN(C)C)cc3c2)c1F. The molecule has 0 aliphatic rings. The number of rotatable bonds is 9. The standard InChI is InChI=1S/C21H24F2N4O3S/c1-4-7-31(29,30)26-17-6-5-16(22)19(20(17)23)18(28)9-13-8-14-10-15(12-27(2)3)25-21(14)24-11-13/h5-6,8,10-11,26H,4,7,9,12H2,1-3H3,(H,24,25). The molecule has 0 radical (unpaired) electrons. The van der Waals surface area contributed by atoms with Gasteiger partial charge in [0.1, 0.15) is 11.5 Å². The summed E-state index contributed by atoms with van der Waals surface area (Å²) in [6.07, 6.45) is 1.52. The van der Waals surface area contributed by atoms with Crippen LogP contribution in [0.5, 0.6) is 0 Å². The maximum Gasteiger partial charge on any atom is 0.232 e. The van der Waals surface area contributed by atoms with E-state index in [1.807, 2.05) is 25.1 Å². The lowest BCUT2D eigenvalue weighted by molar-refractivity contribution is 0.0985. The van der Waals surface area contributed by atoms with Crippen molar-refractivity contribution in [1.82, 2.24) is 14.9 Å². The summed E-state index contributed by atoms with van der Waals surface area (Å²) in [5.41, 5.74) is 0.853. The van der Waals surface area contributed by atoms with Crippen LogP contribution >= 0.6 is 0 Å². The highest BCUT2D eigenvalue weighted by Gasteiger charge is 2.23. The van der Waals surface area contributed by atoms with Gasteiger partial charge in [0.2, 0.25) is 10.0 Å². The molecule has 0 fully saturated rings. The largest absolute Gasteiger partial charge is 0.342 e. The van der Waals surface area contributed by atoms with E-state index in [-0.39, 0.29) is 12.2 Å². The lowest BCUT2D eigenvalue weighted by Crippen LogP contribution is -2.19. The number of Topliss-reactive ketones (excluding diaryl/α,β-unsaturated/α-hetero) is 1. The molecule has 0 saturated heterocycles. The number of H-pyrrole nitrogens is 1. The Bertz CT molecular complexity index is 1220. The molecule has 10 heteroatoms. The Labute approximate surface area is 179 Å². The third-order valence-corrected chi connectivity index (χ3v) is 6.02. The first-order valence-corrected chi connectivity index (χ1v) is 11.4. The Morgan fingerprint density at radius 2 is 1.97 bits per heavy atom. The van der Waals surface area contributed by atoms with Crippen molar-refractivity contribution in [1.29, 1.82) is 0 Å². The number of nitrogens with zero attached hydrogens (tertiary/aromatic N) is 2. The van der Waals surface area contributed by atoms with E-state index in [0.717, 1.165) is 23.2 Å². The number of sulfonamides is 1. The summed E-state index contributed by atoms with van der Waals surface area (Å²) in [6, 6.07) is 5.48. The monoisotopic (exact) mass is 450 g/mol. The van der Waals surface area contributed by atoms with Crippen LogP contribution in [0, 0.1) is 11.6 Å². The van der Waals surface area contributed by atoms with Crippen molar-refractivity contribution >= 4 is 32.5 Å². The van der Waals surface area contributed by atoms with Gasteiger partial charge < -0.3 is 9.88 Å². The van der Waals surface area contributed by atoms with Gasteiger partial charge in [0.25, 0.3) is 0 Å². The number of halogens is 2. The van der Waals surface area contributed by atoms with Gasteiger partial charge in [0.05, 0.1) is 17.0 Å². The van der Waals surface area contributed by atoms with Crippen LogP contribution in [0.2, 0.25) is 0 Å². The average molecular weight is 451 g/mol. The van der Waals surface area contributed by atoms with Crippen molar-refractivity contribution in [2.45, 2.75) is 26.3 Å². The summed E-state index contributed by atoms with van der Waals surface area (Å²) in [5.74, 6) is -3.30. The summed E-state index contributed by atoms with van der Waals surface area (Å²) in [5, 5.41) is 0.782. The van der Waals surface area contributed by atoms with Crippen molar-refractivity contribution in [3.63, 3.8) is 0 Å². The van der Waals surface area contributed by atoms with Crippen LogP contribution < -0.4 is 4.72 Å². The van der Waals surface area contributed by atoms with Gasteiger partial charge in [0, 0.05) is 30.2 Å². The zero-order valence-electron chi connectivity index (χ0n) is 17.5. The van der Waals surface area contributed by atoms with Crippen LogP contribution in [0.25, 0.3) is 11.0 Å². The molecular formula is C21H24F2N4O3S. The molecular weight excluding hydrogens is 426 g/mol. The molecule has 0 amide bonds. The number of carbonyl (C=O) groups is 1. The van der Waals surface area contributed by atoms with E-state index in [1.54, 1.807) is 13.0 Å². The maximum atomic E-state index is 14.8. The lowest BCUT2D eigenvalue weighted by atomic mass is 10.0. The normalized spacial score (nSPS) is 11.9. The average Bonchev–Trinajstić information content (AvgIpc) is 3.04. The van der Waals surface area contributed by atoms with Crippen LogP contribution in [0.15, 0.2) is 30.5 Å². The molecule has 0 spiro atoms. The van der Waals surface area contributed by atoms with Crippen molar-refractivity contribution in [2.24, 2.45) is 0 Å². The second kappa shape index (κ2) is 9.11. The lowest BCUT2D eigenvalue weighted by Gasteiger charge is -2.11. The molecule has 2 N–H and O–H groups in total.